The van der Waals surface area contributed by atoms with Crippen molar-refractivity contribution in [2.45, 2.75) is 26.0 Å². The molecule has 8 heteroatoms. The monoisotopic (exact) mass is 410 g/mol. The Morgan fingerprint density at radius 1 is 1.22 bits per heavy atom. The Bertz CT molecular complexity index is 902. The molecule has 1 atom stereocenters. The first-order valence-electron chi connectivity index (χ1n) is 8.40. The van der Waals surface area contributed by atoms with E-state index in [1.54, 1.807) is 50.4 Å². The van der Waals surface area contributed by atoms with E-state index in [2.05, 4.69) is 5.32 Å². The maximum Gasteiger partial charge on any atom is 0.248 e. The maximum atomic E-state index is 12.9. The number of sulfonamides is 1. The van der Waals surface area contributed by atoms with E-state index >= 15 is 0 Å². The smallest absolute Gasteiger partial charge is 0.248 e. The highest BCUT2D eigenvalue weighted by atomic mass is 35.5. The molecule has 0 radical (unpaired) electrons. The van der Waals surface area contributed by atoms with Crippen LogP contribution in [-0.4, -0.2) is 33.7 Å². The van der Waals surface area contributed by atoms with Gasteiger partial charge in [-0.05, 0) is 42.3 Å². The second-order valence-corrected chi connectivity index (χ2v) is 8.38. The van der Waals surface area contributed by atoms with Crippen LogP contribution in [0.3, 0.4) is 0 Å². The van der Waals surface area contributed by atoms with Gasteiger partial charge in [-0.2, -0.15) is 0 Å². The number of carbonyl (C=O) groups excluding carboxylic acids is 1. The molecule has 0 aliphatic heterocycles. The van der Waals surface area contributed by atoms with Crippen LogP contribution in [0.1, 0.15) is 18.9 Å². The average Bonchev–Trinajstić information content (AvgIpc) is 2.59. The fourth-order valence-corrected chi connectivity index (χ4v) is 4.19. The Balaban J connectivity index is 2.33. The van der Waals surface area contributed by atoms with Crippen molar-refractivity contribution in [2.75, 3.05) is 23.0 Å². The molecule has 0 aliphatic rings. The van der Waals surface area contributed by atoms with E-state index in [1.165, 1.54) is 6.07 Å². The van der Waals surface area contributed by atoms with E-state index in [0.717, 1.165) is 16.1 Å². The van der Waals surface area contributed by atoms with Gasteiger partial charge in [-0.15, -0.1) is 0 Å². The number of rotatable bonds is 8. The lowest BCUT2D eigenvalue weighted by molar-refractivity contribution is -0.117. The summed E-state index contributed by atoms with van der Waals surface area (Å²) in [7, 11) is -2.12. The van der Waals surface area contributed by atoms with Gasteiger partial charge in [0.15, 0.2) is 0 Å². The molecule has 0 aromatic heterocycles. The first kappa shape index (κ1) is 21.2. The van der Waals surface area contributed by atoms with Gasteiger partial charge >= 0.3 is 0 Å². The molecule has 0 heterocycles. The highest BCUT2D eigenvalue weighted by molar-refractivity contribution is 7.92. The zero-order valence-corrected chi connectivity index (χ0v) is 17.0. The lowest BCUT2D eigenvalue weighted by atomic mass is 10.1. The molecule has 2 aromatic carbocycles. The minimum Gasteiger partial charge on any atom is -0.380 e. The molecule has 27 heavy (non-hydrogen) atoms. The van der Waals surface area contributed by atoms with E-state index in [9.17, 15) is 13.2 Å². The third-order valence-corrected chi connectivity index (χ3v) is 5.31. The maximum absolute atomic E-state index is 12.9. The number of halogens is 1. The fraction of sp³-hybridized carbons (Fsp3) is 0.316. The second-order valence-electron chi connectivity index (χ2n) is 6.09. The fourth-order valence-electron chi connectivity index (χ4n) is 2.80. The van der Waals surface area contributed by atoms with Crippen molar-refractivity contribution in [3.8, 4) is 0 Å². The van der Waals surface area contributed by atoms with Crippen molar-refractivity contribution >= 4 is 38.9 Å². The molecule has 0 aliphatic carbocycles. The minimum atomic E-state index is -3.71. The largest absolute Gasteiger partial charge is 0.380 e. The van der Waals surface area contributed by atoms with Crippen LogP contribution < -0.4 is 9.62 Å². The molecule has 6 nitrogen and oxygen atoms in total. The van der Waals surface area contributed by atoms with Gasteiger partial charge < -0.3 is 10.1 Å². The topological polar surface area (TPSA) is 75.7 Å². The van der Waals surface area contributed by atoms with E-state index in [0.29, 0.717) is 29.4 Å². The van der Waals surface area contributed by atoms with Gasteiger partial charge in [-0.25, -0.2) is 8.42 Å². The molecule has 0 spiro atoms. The number of hydrogen-bond donors (Lipinski definition) is 1. The Kier molecular flexibility index (Phi) is 7.24. The Morgan fingerprint density at radius 2 is 1.93 bits per heavy atom. The van der Waals surface area contributed by atoms with Gasteiger partial charge in [0.1, 0.15) is 6.04 Å². The van der Waals surface area contributed by atoms with Crippen LogP contribution in [0.2, 0.25) is 5.02 Å². The summed E-state index contributed by atoms with van der Waals surface area (Å²) in [4.78, 5) is 12.9. The van der Waals surface area contributed by atoms with Gasteiger partial charge in [0.05, 0.1) is 18.6 Å². The summed E-state index contributed by atoms with van der Waals surface area (Å²) in [6.45, 7) is 2.17. The number of carbonyl (C=O) groups is 1. The molecule has 0 saturated carbocycles. The van der Waals surface area contributed by atoms with Crippen LogP contribution in [-0.2, 0) is 26.2 Å². The molecule has 1 amide bonds. The van der Waals surface area contributed by atoms with E-state index in [4.69, 9.17) is 16.3 Å². The van der Waals surface area contributed by atoms with Gasteiger partial charge in [-0.3, -0.25) is 9.10 Å². The molecule has 0 saturated heterocycles. The molecular weight excluding hydrogens is 388 g/mol. The molecular formula is C19H23ClN2O4S. The number of nitrogens with zero attached hydrogens (tertiary/aromatic N) is 1. The molecule has 2 aromatic rings. The number of benzene rings is 2. The van der Waals surface area contributed by atoms with Crippen molar-refractivity contribution in [1.29, 1.82) is 0 Å². The van der Waals surface area contributed by atoms with Crippen LogP contribution in [0.5, 0.6) is 0 Å². The molecule has 1 unspecified atom stereocenters. The summed E-state index contributed by atoms with van der Waals surface area (Å²) in [5.74, 6) is -0.419. The van der Waals surface area contributed by atoms with Crippen LogP contribution in [0, 0.1) is 0 Å². The Morgan fingerprint density at radius 3 is 2.52 bits per heavy atom. The third kappa shape index (κ3) is 5.69. The van der Waals surface area contributed by atoms with Gasteiger partial charge in [0, 0.05) is 17.8 Å². The molecule has 0 fully saturated rings. The second kappa shape index (κ2) is 9.21. The van der Waals surface area contributed by atoms with Crippen LogP contribution >= 0.6 is 11.6 Å². The summed E-state index contributed by atoms with van der Waals surface area (Å²) in [6, 6.07) is 12.7. The highest BCUT2D eigenvalue weighted by Gasteiger charge is 2.31. The number of ether oxygens (including phenoxy) is 1. The zero-order chi connectivity index (χ0) is 20.0. The van der Waals surface area contributed by atoms with Crippen LogP contribution in [0.15, 0.2) is 48.5 Å². The molecule has 146 valence electrons. The van der Waals surface area contributed by atoms with Crippen molar-refractivity contribution in [2.24, 2.45) is 0 Å². The van der Waals surface area contributed by atoms with Crippen molar-refractivity contribution in [3.63, 3.8) is 0 Å². The van der Waals surface area contributed by atoms with Gasteiger partial charge in [0.2, 0.25) is 15.9 Å². The molecule has 0 bridgehead atoms. The minimum absolute atomic E-state index is 0.295. The first-order chi connectivity index (χ1) is 12.8. The predicted molar refractivity (Wildman–Crippen MR) is 109 cm³/mol. The van der Waals surface area contributed by atoms with E-state index < -0.39 is 22.0 Å². The quantitative estimate of drug-likeness (QED) is 0.720. The highest BCUT2D eigenvalue weighted by Crippen LogP contribution is 2.26. The van der Waals surface area contributed by atoms with Gasteiger partial charge in [-0.1, -0.05) is 36.7 Å². The number of hydrogen-bond acceptors (Lipinski definition) is 4. The summed E-state index contributed by atoms with van der Waals surface area (Å²) in [6.07, 6.45) is 1.37. The lowest BCUT2D eigenvalue weighted by Gasteiger charge is -2.30. The SMILES string of the molecule is CCC(C(=O)Nc1cccc(COC)c1)N(c1cccc(Cl)c1)S(C)(=O)=O. The van der Waals surface area contributed by atoms with Crippen molar-refractivity contribution in [1.82, 2.24) is 0 Å². The number of anilines is 2. The van der Waals surface area contributed by atoms with Crippen molar-refractivity contribution < 1.29 is 17.9 Å². The normalized spacial score (nSPS) is 12.4. The third-order valence-electron chi connectivity index (χ3n) is 3.90. The zero-order valence-electron chi connectivity index (χ0n) is 15.5. The lowest BCUT2D eigenvalue weighted by Crippen LogP contribution is -2.47. The number of nitrogens with one attached hydrogen (secondary N) is 1. The Hall–Kier alpha value is -2.09. The molecule has 1 N–H and O–H groups in total. The predicted octanol–water partition coefficient (Wildman–Crippen LogP) is 3.67. The summed E-state index contributed by atoms with van der Waals surface area (Å²) >= 11 is 6.01. The van der Waals surface area contributed by atoms with E-state index in [-0.39, 0.29) is 0 Å². The van der Waals surface area contributed by atoms with Gasteiger partial charge in [0.25, 0.3) is 0 Å². The van der Waals surface area contributed by atoms with Crippen molar-refractivity contribution in [3.05, 3.63) is 59.1 Å². The molecule has 2 rings (SSSR count). The summed E-state index contributed by atoms with van der Waals surface area (Å²) in [5.41, 5.74) is 1.82. The van der Waals surface area contributed by atoms with E-state index in [1.807, 2.05) is 6.07 Å². The summed E-state index contributed by atoms with van der Waals surface area (Å²) in [5, 5.41) is 3.19. The van der Waals surface area contributed by atoms with Crippen LogP contribution in [0.4, 0.5) is 11.4 Å². The standard InChI is InChI=1S/C19H23ClN2O4S/c1-4-18(19(23)21-16-9-5-7-14(11-16)13-26-2)22(27(3,24)25)17-10-6-8-15(20)12-17/h5-12,18H,4,13H2,1-3H3,(H,21,23). The first-order valence-corrected chi connectivity index (χ1v) is 10.6. The number of amides is 1. The van der Waals surface area contributed by atoms with Crippen LogP contribution in [0.25, 0.3) is 0 Å². The summed E-state index contributed by atoms with van der Waals surface area (Å²) < 4.78 is 31.1. The Labute approximate surface area is 165 Å². The average molecular weight is 411 g/mol. The number of methoxy groups -OCH3 is 1.